The van der Waals surface area contributed by atoms with Crippen molar-refractivity contribution in [3.8, 4) is 0 Å². The molecule has 1 aromatic heterocycles. The largest absolute Gasteiger partial charge is 0.462 e. The molecule has 0 amide bonds. The lowest BCUT2D eigenvalue weighted by Crippen LogP contribution is -2.42. The fourth-order valence-corrected chi connectivity index (χ4v) is 5.22. The highest BCUT2D eigenvalue weighted by molar-refractivity contribution is 5.88. The van der Waals surface area contributed by atoms with Gasteiger partial charge in [0.2, 0.25) is 5.60 Å². The van der Waals surface area contributed by atoms with E-state index in [0.717, 1.165) is 0 Å². The smallest absolute Gasteiger partial charge is 0.345 e. The third-order valence-electron chi connectivity index (χ3n) is 7.09. The Labute approximate surface area is 195 Å². The first-order chi connectivity index (χ1) is 16.1. The molecule has 0 saturated carbocycles. The number of hydrogen-bond acceptors (Lipinski definition) is 10. The molecule has 0 N–H and O–H groups in total. The van der Waals surface area contributed by atoms with Gasteiger partial charge in [0, 0.05) is 26.7 Å². The van der Waals surface area contributed by atoms with Crippen LogP contribution in [-0.2, 0) is 44.5 Å². The van der Waals surface area contributed by atoms with Gasteiger partial charge in [0.1, 0.15) is 48.1 Å². The molecule has 34 heavy (non-hydrogen) atoms. The van der Waals surface area contributed by atoms with Crippen LogP contribution < -0.4 is 0 Å². The summed E-state index contributed by atoms with van der Waals surface area (Å²) in [5.74, 6) is -1.19. The van der Waals surface area contributed by atoms with Crippen molar-refractivity contribution in [2.24, 2.45) is 5.92 Å². The number of furan rings is 1. The molecule has 5 heterocycles. The minimum Gasteiger partial charge on any atom is -0.462 e. The molecule has 1 unspecified atom stereocenters. The number of carbonyl (C=O) groups excluding carboxylic acids is 4. The third-order valence-corrected chi connectivity index (χ3v) is 7.09. The molecule has 0 aliphatic carbocycles. The Morgan fingerprint density at radius 3 is 2.68 bits per heavy atom. The van der Waals surface area contributed by atoms with Crippen molar-refractivity contribution in [1.82, 2.24) is 0 Å². The molecule has 3 saturated heterocycles. The number of aldehydes is 1. The Bertz CT molecular complexity index is 1090. The van der Waals surface area contributed by atoms with Crippen LogP contribution in [0.2, 0.25) is 0 Å². The minimum absolute atomic E-state index is 0.0784. The summed E-state index contributed by atoms with van der Waals surface area (Å²) in [5, 5.41) is 0. The van der Waals surface area contributed by atoms with Crippen molar-refractivity contribution in [3.05, 3.63) is 35.3 Å². The quantitative estimate of drug-likeness (QED) is 0.205. The lowest BCUT2D eigenvalue weighted by Gasteiger charge is -2.26. The summed E-state index contributed by atoms with van der Waals surface area (Å²) in [5.41, 5.74) is -1.19. The van der Waals surface area contributed by atoms with Gasteiger partial charge in [-0.15, -0.1) is 0 Å². The van der Waals surface area contributed by atoms with E-state index in [9.17, 15) is 19.2 Å². The summed E-state index contributed by atoms with van der Waals surface area (Å²) in [6.45, 7) is 8.39. The van der Waals surface area contributed by atoms with Gasteiger partial charge in [-0.1, -0.05) is 6.58 Å². The lowest BCUT2D eigenvalue weighted by molar-refractivity contribution is -0.165. The van der Waals surface area contributed by atoms with Gasteiger partial charge in [0.25, 0.3) is 0 Å². The minimum atomic E-state index is -1.41. The van der Waals surface area contributed by atoms with E-state index in [-0.39, 0.29) is 19.4 Å². The van der Waals surface area contributed by atoms with E-state index in [0.29, 0.717) is 35.4 Å². The van der Waals surface area contributed by atoms with Crippen molar-refractivity contribution in [2.45, 2.75) is 75.7 Å². The first-order valence-corrected chi connectivity index (χ1v) is 11.2. The molecule has 10 nitrogen and oxygen atoms in total. The number of ether oxygens (including phenoxy) is 5. The molecular formula is C24H26O10. The van der Waals surface area contributed by atoms with E-state index < -0.39 is 59.4 Å². The maximum atomic E-state index is 13.0. The van der Waals surface area contributed by atoms with Crippen LogP contribution in [0.3, 0.4) is 0 Å². The number of esters is 3. The molecule has 1 aromatic rings. The van der Waals surface area contributed by atoms with Crippen LogP contribution in [0.15, 0.2) is 22.6 Å². The molecule has 3 fully saturated rings. The Hall–Kier alpha value is -2.98. The topological polar surface area (TPSA) is 134 Å². The van der Waals surface area contributed by atoms with Crippen LogP contribution in [0.5, 0.6) is 0 Å². The summed E-state index contributed by atoms with van der Waals surface area (Å²) in [4.78, 5) is 48.1. The number of epoxide rings is 2. The molecule has 0 radical (unpaired) electrons. The Morgan fingerprint density at radius 1 is 1.26 bits per heavy atom. The normalized spacial score (nSPS) is 37.5. The van der Waals surface area contributed by atoms with Crippen molar-refractivity contribution in [1.29, 1.82) is 0 Å². The van der Waals surface area contributed by atoms with Crippen LogP contribution >= 0.6 is 0 Å². The van der Waals surface area contributed by atoms with Crippen molar-refractivity contribution >= 4 is 24.2 Å². The summed E-state index contributed by atoms with van der Waals surface area (Å²) in [6.07, 6.45) is -1.13. The first-order valence-electron chi connectivity index (χ1n) is 11.2. The molecular weight excluding hydrogens is 448 g/mol. The molecule has 4 aliphatic heterocycles. The second kappa shape index (κ2) is 7.78. The molecule has 7 atom stereocenters. The Kier molecular flexibility index (Phi) is 5.21. The number of carbonyl (C=O) groups is 4. The number of rotatable bonds is 5. The fraction of sp³-hybridized carbons (Fsp3) is 0.583. The van der Waals surface area contributed by atoms with Crippen LogP contribution in [0.25, 0.3) is 0 Å². The second-order valence-electron chi connectivity index (χ2n) is 9.61. The molecule has 0 spiro atoms. The lowest BCUT2D eigenvalue weighted by atomic mass is 9.83. The van der Waals surface area contributed by atoms with E-state index in [4.69, 9.17) is 28.1 Å². The summed E-state index contributed by atoms with van der Waals surface area (Å²) in [6, 6.07) is 1.65. The van der Waals surface area contributed by atoms with Gasteiger partial charge < -0.3 is 28.1 Å². The average Bonchev–Trinajstić information content (AvgIpc) is 3.59. The van der Waals surface area contributed by atoms with Gasteiger partial charge in [-0.2, -0.15) is 0 Å². The predicted molar refractivity (Wildman–Crippen MR) is 112 cm³/mol. The zero-order valence-corrected chi connectivity index (χ0v) is 19.2. The number of hydrogen-bond donors (Lipinski definition) is 0. The van der Waals surface area contributed by atoms with Gasteiger partial charge in [0.05, 0.1) is 5.56 Å². The molecule has 4 aliphatic rings. The van der Waals surface area contributed by atoms with E-state index in [2.05, 4.69) is 6.58 Å². The van der Waals surface area contributed by atoms with E-state index in [1.165, 1.54) is 13.8 Å². The Morgan fingerprint density at radius 2 is 2.03 bits per heavy atom. The van der Waals surface area contributed by atoms with E-state index in [1.54, 1.807) is 6.07 Å². The van der Waals surface area contributed by atoms with Crippen molar-refractivity contribution in [3.63, 3.8) is 0 Å². The fourth-order valence-electron chi connectivity index (χ4n) is 5.22. The Balaban J connectivity index is 1.55. The molecule has 5 rings (SSSR count). The first kappa shape index (κ1) is 22.8. The summed E-state index contributed by atoms with van der Waals surface area (Å²) in [7, 11) is 0. The molecule has 0 aromatic carbocycles. The van der Waals surface area contributed by atoms with E-state index >= 15 is 0 Å². The molecule has 182 valence electrons. The van der Waals surface area contributed by atoms with Crippen LogP contribution in [0.1, 0.15) is 61.6 Å². The highest BCUT2D eigenvalue weighted by Gasteiger charge is 2.79. The van der Waals surface area contributed by atoms with Crippen LogP contribution in [0, 0.1) is 5.92 Å². The standard InChI is InChI=1S/C24H26O10/c1-11(10-29-12(2)26)14-5-16-15(9-25)6-17(31-16)20-23(4,33-20)8-18-21-24(34-21,22(28)32-18)19(7-14)30-13(3)27/h6,9,14,18-21H,1,5,7-8,10H2,2-4H3/t14-,18?,19+,20+,21-,23+,24-/m0/s1. The van der Waals surface area contributed by atoms with Gasteiger partial charge in [-0.05, 0) is 30.9 Å². The van der Waals surface area contributed by atoms with Crippen LogP contribution in [0.4, 0.5) is 0 Å². The number of fused-ring (bicyclic) bond motifs is 4. The van der Waals surface area contributed by atoms with Gasteiger partial charge in [0.15, 0.2) is 6.29 Å². The maximum Gasteiger partial charge on any atom is 0.345 e. The van der Waals surface area contributed by atoms with Gasteiger partial charge >= 0.3 is 17.9 Å². The van der Waals surface area contributed by atoms with Crippen molar-refractivity contribution in [2.75, 3.05) is 6.61 Å². The average molecular weight is 474 g/mol. The van der Waals surface area contributed by atoms with Crippen LogP contribution in [-0.4, -0.2) is 60.3 Å². The van der Waals surface area contributed by atoms with Gasteiger partial charge in [-0.25, -0.2) is 4.79 Å². The zero-order valence-electron chi connectivity index (χ0n) is 19.2. The van der Waals surface area contributed by atoms with E-state index in [1.807, 2.05) is 6.92 Å². The second-order valence-corrected chi connectivity index (χ2v) is 9.61. The third kappa shape index (κ3) is 3.65. The highest BCUT2D eigenvalue weighted by atomic mass is 16.7. The SMILES string of the molecule is C=C(COC(C)=O)[C@H]1Cc2oc(cc2C=O)[C@H]2O[C@]2(C)CC2OC(=O)[C@]3(O[C@@H]23)[C@H](OC(C)=O)C1. The highest BCUT2D eigenvalue weighted by Crippen LogP contribution is 2.59. The summed E-state index contributed by atoms with van der Waals surface area (Å²) >= 11 is 0. The molecule has 4 bridgehead atoms. The summed E-state index contributed by atoms with van der Waals surface area (Å²) < 4.78 is 34.2. The maximum absolute atomic E-state index is 13.0. The molecule has 10 heteroatoms. The zero-order chi connectivity index (χ0) is 24.4. The monoisotopic (exact) mass is 474 g/mol. The predicted octanol–water partition coefficient (Wildman–Crippen LogP) is 1.99. The van der Waals surface area contributed by atoms with Gasteiger partial charge in [-0.3, -0.25) is 14.4 Å². The van der Waals surface area contributed by atoms with Crippen molar-refractivity contribution < 1.29 is 47.3 Å².